The lowest BCUT2D eigenvalue weighted by Crippen LogP contribution is -2.53. The molecule has 6 heteroatoms. The second kappa shape index (κ2) is 7.33. The van der Waals surface area contributed by atoms with E-state index >= 15 is 0 Å². The van der Waals surface area contributed by atoms with E-state index in [1.54, 1.807) is 6.92 Å². The first-order chi connectivity index (χ1) is 8.68. The normalized spacial score (nSPS) is 17.4. The molecule has 4 N–H and O–H groups in total. The third kappa shape index (κ3) is 4.70. The highest BCUT2D eigenvalue weighted by Gasteiger charge is 2.37. The van der Waals surface area contributed by atoms with E-state index in [4.69, 9.17) is 10.9 Å². The van der Waals surface area contributed by atoms with Gasteiger partial charge in [-0.3, -0.25) is 4.79 Å². The van der Waals surface area contributed by atoms with Crippen molar-refractivity contribution >= 4 is 11.7 Å². The predicted molar refractivity (Wildman–Crippen MR) is 77.1 cm³/mol. The summed E-state index contributed by atoms with van der Waals surface area (Å²) in [7, 11) is 3.92. The molecule has 0 fully saturated rings. The topological polar surface area (TPSA) is 91.0 Å². The number of rotatable bonds is 7. The van der Waals surface area contributed by atoms with E-state index in [1.165, 1.54) is 0 Å². The molecule has 0 aliphatic heterocycles. The highest BCUT2D eigenvalue weighted by molar-refractivity contribution is 6.06. The molecule has 2 unspecified atom stereocenters. The lowest BCUT2D eigenvalue weighted by molar-refractivity contribution is -0.128. The Morgan fingerprint density at radius 3 is 2.32 bits per heavy atom. The summed E-state index contributed by atoms with van der Waals surface area (Å²) in [5.41, 5.74) is 4.67. The molecular weight excluding hydrogens is 244 g/mol. The number of nitrogens with two attached hydrogens (primary N) is 1. The Morgan fingerprint density at radius 1 is 1.47 bits per heavy atom. The van der Waals surface area contributed by atoms with Gasteiger partial charge in [-0.25, -0.2) is 0 Å². The van der Waals surface area contributed by atoms with Gasteiger partial charge in [0.25, 0.3) is 0 Å². The fourth-order valence-electron chi connectivity index (χ4n) is 1.71. The second-order valence-corrected chi connectivity index (χ2v) is 5.76. The van der Waals surface area contributed by atoms with E-state index in [1.807, 2.05) is 25.9 Å². The molecule has 0 bridgehead atoms. The minimum absolute atomic E-state index is 0.0277. The van der Waals surface area contributed by atoms with Crippen molar-refractivity contribution in [2.45, 2.75) is 40.2 Å². The molecule has 6 nitrogen and oxygen atoms in total. The molecule has 2 atom stereocenters. The van der Waals surface area contributed by atoms with E-state index in [2.05, 4.69) is 24.3 Å². The van der Waals surface area contributed by atoms with Gasteiger partial charge in [0.05, 0.1) is 0 Å². The molecule has 0 aromatic carbocycles. The average molecular weight is 272 g/mol. The molecule has 1 amide bonds. The van der Waals surface area contributed by atoms with Crippen LogP contribution in [-0.2, 0) is 4.79 Å². The zero-order chi connectivity index (χ0) is 15.2. The molecule has 0 saturated carbocycles. The Morgan fingerprint density at radius 2 is 2.00 bits per heavy atom. The van der Waals surface area contributed by atoms with Crippen LogP contribution in [0.1, 0.15) is 34.1 Å². The number of hydrogen-bond acceptors (Lipinski definition) is 4. The highest BCUT2D eigenvalue weighted by Crippen LogP contribution is 2.22. The monoisotopic (exact) mass is 272 g/mol. The number of nitrogens with one attached hydrogen (secondary N) is 1. The first-order valence-corrected chi connectivity index (χ1v) is 6.62. The van der Waals surface area contributed by atoms with Crippen molar-refractivity contribution in [3.05, 3.63) is 0 Å². The lowest BCUT2D eigenvalue weighted by atomic mass is 9.84. The number of amides is 1. The predicted octanol–water partition coefficient (Wildman–Crippen LogP) is 0.852. The summed E-state index contributed by atoms with van der Waals surface area (Å²) in [6, 6.07) is 0.0277. The van der Waals surface area contributed by atoms with Crippen LogP contribution >= 0.6 is 0 Å². The first kappa shape index (κ1) is 17.7. The molecule has 0 spiro atoms. The molecule has 0 aliphatic carbocycles. The summed E-state index contributed by atoms with van der Waals surface area (Å²) in [5, 5.41) is 14.8. The minimum atomic E-state index is -0.978. The maximum Gasteiger partial charge on any atom is 0.233 e. The zero-order valence-electron chi connectivity index (χ0n) is 12.9. The van der Waals surface area contributed by atoms with Gasteiger partial charge in [0.2, 0.25) is 5.91 Å². The Bertz CT molecular complexity index is 329. The van der Waals surface area contributed by atoms with Gasteiger partial charge in [-0.05, 0) is 33.4 Å². The van der Waals surface area contributed by atoms with Crippen LogP contribution in [0.3, 0.4) is 0 Å². The van der Waals surface area contributed by atoms with Crippen LogP contribution in [0.4, 0.5) is 0 Å². The first-order valence-electron chi connectivity index (χ1n) is 6.62. The fraction of sp³-hybridized carbons (Fsp3) is 0.846. The molecule has 112 valence electrons. The van der Waals surface area contributed by atoms with Crippen LogP contribution in [0, 0.1) is 11.3 Å². The SMILES string of the molecule is CCC(C)(C(=O)NC(CN(C)C)C(C)C)C(N)=NO. The van der Waals surface area contributed by atoms with Gasteiger partial charge in [0.1, 0.15) is 5.41 Å². The third-order valence-corrected chi connectivity index (χ3v) is 3.56. The number of hydrogen-bond donors (Lipinski definition) is 3. The van der Waals surface area contributed by atoms with E-state index in [-0.39, 0.29) is 17.8 Å². The van der Waals surface area contributed by atoms with Crippen molar-refractivity contribution in [2.75, 3.05) is 20.6 Å². The summed E-state index contributed by atoms with van der Waals surface area (Å²) in [5.74, 6) is 0.0467. The second-order valence-electron chi connectivity index (χ2n) is 5.76. The number of amidine groups is 1. The highest BCUT2D eigenvalue weighted by atomic mass is 16.4. The summed E-state index contributed by atoms with van der Waals surface area (Å²) in [6.45, 7) is 8.39. The van der Waals surface area contributed by atoms with Crippen LogP contribution in [0.2, 0.25) is 0 Å². The van der Waals surface area contributed by atoms with Crippen molar-refractivity contribution in [3.8, 4) is 0 Å². The van der Waals surface area contributed by atoms with E-state index in [0.29, 0.717) is 12.3 Å². The van der Waals surface area contributed by atoms with E-state index in [9.17, 15) is 4.79 Å². The van der Waals surface area contributed by atoms with Gasteiger partial charge >= 0.3 is 0 Å². The zero-order valence-corrected chi connectivity index (χ0v) is 12.9. The van der Waals surface area contributed by atoms with E-state index < -0.39 is 5.41 Å². The van der Waals surface area contributed by atoms with Crippen LogP contribution in [-0.4, -0.2) is 48.5 Å². The Labute approximate surface area is 116 Å². The molecule has 0 aliphatic rings. The number of oxime groups is 1. The Kier molecular flexibility index (Phi) is 6.83. The van der Waals surface area contributed by atoms with Crippen molar-refractivity contribution in [3.63, 3.8) is 0 Å². The van der Waals surface area contributed by atoms with Crippen LogP contribution in [0.15, 0.2) is 5.16 Å². The van der Waals surface area contributed by atoms with Gasteiger partial charge in [0, 0.05) is 12.6 Å². The van der Waals surface area contributed by atoms with Crippen LogP contribution < -0.4 is 11.1 Å². The molecule has 0 radical (unpaired) electrons. The molecular formula is C13H28N4O2. The molecule has 0 aromatic rings. The van der Waals surface area contributed by atoms with Crippen molar-refractivity contribution < 1.29 is 10.0 Å². The average Bonchev–Trinajstić information content (AvgIpc) is 2.34. The minimum Gasteiger partial charge on any atom is -0.409 e. The van der Waals surface area contributed by atoms with Gasteiger partial charge in [0.15, 0.2) is 5.84 Å². The molecule has 19 heavy (non-hydrogen) atoms. The fourth-order valence-corrected chi connectivity index (χ4v) is 1.71. The molecule has 0 aromatic heterocycles. The Balaban J connectivity index is 4.98. The number of nitrogens with zero attached hydrogens (tertiary/aromatic N) is 2. The van der Waals surface area contributed by atoms with Crippen molar-refractivity contribution in [1.82, 2.24) is 10.2 Å². The number of carbonyl (C=O) groups is 1. The van der Waals surface area contributed by atoms with E-state index in [0.717, 1.165) is 6.54 Å². The largest absolute Gasteiger partial charge is 0.409 e. The summed E-state index contributed by atoms with van der Waals surface area (Å²) >= 11 is 0. The van der Waals surface area contributed by atoms with Gasteiger partial charge < -0.3 is 21.2 Å². The Hall–Kier alpha value is -1.30. The molecule has 0 heterocycles. The number of likely N-dealkylation sites (N-methyl/N-ethyl adjacent to an activating group) is 1. The van der Waals surface area contributed by atoms with Crippen molar-refractivity contribution in [2.24, 2.45) is 22.2 Å². The number of carbonyl (C=O) groups excluding carboxylic acids is 1. The molecule has 0 rings (SSSR count). The molecule has 0 saturated heterocycles. The third-order valence-electron chi connectivity index (χ3n) is 3.56. The summed E-state index contributed by atoms with van der Waals surface area (Å²) in [4.78, 5) is 14.4. The van der Waals surface area contributed by atoms with Gasteiger partial charge in [-0.1, -0.05) is 25.9 Å². The van der Waals surface area contributed by atoms with Crippen LogP contribution in [0.5, 0.6) is 0 Å². The van der Waals surface area contributed by atoms with Gasteiger partial charge in [-0.15, -0.1) is 0 Å². The smallest absolute Gasteiger partial charge is 0.233 e. The van der Waals surface area contributed by atoms with Gasteiger partial charge in [-0.2, -0.15) is 0 Å². The quantitative estimate of drug-likeness (QED) is 0.277. The maximum atomic E-state index is 12.4. The summed E-state index contributed by atoms with van der Waals surface area (Å²) in [6.07, 6.45) is 0.474. The maximum absolute atomic E-state index is 12.4. The lowest BCUT2D eigenvalue weighted by Gasteiger charge is -2.31. The van der Waals surface area contributed by atoms with Crippen LogP contribution in [0.25, 0.3) is 0 Å². The summed E-state index contributed by atoms with van der Waals surface area (Å²) < 4.78 is 0. The van der Waals surface area contributed by atoms with Crippen molar-refractivity contribution in [1.29, 1.82) is 0 Å². The standard InChI is InChI=1S/C13H28N4O2/c1-7-13(4,11(14)16-19)12(18)15-10(9(2)3)8-17(5)6/h9-10,19H,7-8H2,1-6H3,(H2,14,16)(H,15,18).